The van der Waals surface area contributed by atoms with E-state index in [4.69, 9.17) is 9.47 Å². The van der Waals surface area contributed by atoms with Gasteiger partial charge in [0.1, 0.15) is 0 Å². The topological polar surface area (TPSA) is 21.7 Å². The van der Waals surface area contributed by atoms with Crippen LogP contribution in [0, 0.1) is 0 Å². The van der Waals surface area contributed by atoms with E-state index in [1.807, 2.05) is 6.07 Å². The van der Waals surface area contributed by atoms with Gasteiger partial charge in [0.25, 0.3) is 0 Å². The fourth-order valence-electron chi connectivity index (χ4n) is 3.72. The smallest absolute Gasteiger partial charge is 0.231 e. The normalized spacial score (nSPS) is 16.9. The Bertz CT molecular complexity index is 711. The van der Waals surface area contributed by atoms with Crippen LogP contribution in [0.25, 0.3) is 0 Å². The van der Waals surface area contributed by atoms with Gasteiger partial charge in [-0.2, -0.15) is 0 Å². The summed E-state index contributed by atoms with van der Waals surface area (Å²) in [5.41, 5.74) is 5.91. The highest BCUT2D eigenvalue weighted by molar-refractivity contribution is 5.44. The average Bonchev–Trinajstić information content (AvgIpc) is 2.93. The van der Waals surface area contributed by atoms with Gasteiger partial charge in [-0.05, 0) is 60.2 Å². The number of benzene rings is 2. The predicted molar refractivity (Wildman–Crippen MR) is 90.8 cm³/mol. The lowest BCUT2D eigenvalue weighted by Gasteiger charge is -2.21. The maximum absolute atomic E-state index is 5.50. The summed E-state index contributed by atoms with van der Waals surface area (Å²) in [6, 6.07) is 13.1. The van der Waals surface area contributed by atoms with E-state index in [1.54, 1.807) is 5.56 Å². The maximum Gasteiger partial charge on any atom is 0.231 e. The molecule has 2 heterocycles. The Balaban J connectivity index is 1.53. The first kappa shape index (κ1) is 14.6. The molecule has 0 fully saturated rings. The minimum Gasteiger partial charge on any atom is -0.454 e. The summed E-state index contributed by atoms with van der Waals surface area (Å²) in [5.74, 6) is 1.74. The van der Waals surface area contributed by atoms with Gasteiger partial charge < -0.3 is 9.47 Å². The lowest BCUT2D eigenvalue weighted by molar-refractivity contribution is 0.174. The van der Waals surface area contributed by atoms with Crippen LogP contribution in [0.2, 0.25) is 0 Å². The molecule has 2 aromatic carbocycles. The van der Waals surface area contributed by atoms with Gasteiger partial charge in [0, 0.05) is 13.1 Å². The van der Waals surface area contributed by atoms with Crippen molar-refractivity contribution < 1.29 is 9.47 Å². The molecule has 3 nitrogen and oxygen atoms in total. The molecule has 0 saturated carbocycles. The molecule has 0 N–H and O–H groups in total. The first-order chi connectivity index (χ1) is 11.3. The molecule has 0 spiro atoms. The zero-order chi connectivity index (χ0) is 15.6. The van der Waals surface area contributed by atoms with Crippen LogP contribution in [-0.4, -0.2) is 18.2 Å². The second kappa shape index (κ2) is 6.25. The molecule has 0 aliphatic carbocycles. The molecule has 2 aliphatic heterocycles. The monoisotopic (exact) mass is 309 g/mol. The molecule has 4 rings (SSSR count). The van der Waals surface area contributed by atoms with E-state index < -0.39 is 0 Å². The average molecular weight is 309 g/mol. The summed E-state index contributed by atoms with van der Waals surface area (Å²) < 4.78 is 10.9. The number of aryl methyl sites for hydroxylation is 1. The molecule has 0 aromatic heterocycles. The second-order valence-corrected chi connectivity index (χ2v) is 6.41. The van der Waals surface area contributed by atoms with Crippen LogP contribution in [0.3, 0.4) is 0 Å². The molecule has 0 amide bonds. The van der Waals surface area contributed by atoms with E-state index in [2.05, 4.69) is 42.2 Å². The summed E-state index contributed by atoms with van der Waals surface area (Å²) in [6.07, 6.45) is 3.57. The molecule has 0 atom stereocenters. The number of hydrogen-bond acceptors (Lipinski definition) is 3. The number of rotatable bonds is 3. The molecule has 2 aliphatic rings. The molecule has 0 bridgehead atoms. The summed E-state index contributed by atoms with van der Waals surface area (Å²) in [6.45, 7) is 5.75. The maximum atomic E-state index is 5.50. The standard InChI is InChI=1S/C20H23NO2/c1-2-16-5-3-6-17-13-21(10-4-7-18(16)17)12-15-8-9-19-20(11-15)23-14-22-19/h3,5-6,8-9,11H,2,4,7,10,12-14H2,1H3. The van der Waals surface area contributed by atoms with Crippen molar-refractivity contribution in [2.75, 3.05) is 13.3 Å². The highest BCUT2D eigenvalue weighted by Gasteiger charge is 2.18. The highest BCUT2D eigenvalue weighted by atomic mass is 16.7. The van der Waals surface area contributed by atoms with Crippen LogP contribution < -0.4 is 9.47 Å². The van der Waals surface area contributed by atoms with Crippen molar-refractivity contribution in [3.63, 3.8) is 0 Å². The first-order valence-electron chi connectivity index (χ1n) is 8.54. The van der Waals surface area contributed by atoms with Crippen molar-refractivity contribution >= 4 is 0 Å². The van der Waals surface area contributed by atoms with Crippen molar-refractivity contribution in [2.24, 2.45) is 0 Å². The molecule has 0 radical (unpaired) electrons. The Morgan fingerprint density at radius 1 is 1.09 bits per heavy atom. The van der Waals surface area contributed by atoms with Crippen molar-refractivity contribution in [3.05, 3.63) is 58.7 Å². The van der Waals surface area contributed by atoms with Gasteiger partial charge in [-0.15, -0.1) is 0 Å². The minimum absolute atomic E-state index is 0.343. The van der Waals surface area contributed by atoms with Crippen LogP contribution in [0.5, 0.6) is 11.5 Å². The number of ether oxygens (including phenoxy) is 2. The van der Waals surface area contributed by atoms with Crippen LogP contribution >= 0.6 is 0 Å². The van der Waals surface area contributed by atoms with Gasteiger partial charge in [0.15, 0.2) is 11.5 Å². The number of hydrogen-bond donors (Lipinski definition) is 0. The third-order valence-electron chi connectivity index (χ3n) is 4.89. The SMILES string of the molecule is CCc1cccc2c1CCCN(Cc1ccc3c(c1)OCO3)C2. The quantitative estimate of drug-likeness (QED) is 0.857. The largest absolute Gasteiger partial charge is 0.454 e. The third-order valence-corrected chi connectivity index (χ3v) is 4.89. The highest BCUT2D eigenvalue weighted by Crippen LogP contribution is 2.33. The zero-order valence-corrected chi connectivity index (χ0v) is 13.7. The van der Waals surface area contributed by atoms with E-state index in [0.717, 1.165) is 37.6 Å². The summed E-state index contributed by atoms with van der Waals surface area (Å²) in [7, 11) is 0. The zero-order valence-electron chi connectivity index (χ0n) is 13.7. The molecule has 0 saturated heterocycles. The van der Waals surface area contributed by atoms with E-state index >= 15 is 0 Å². The number of nitrogens with zero attached hydrogens (tertiary/aromatic N) is 1. The van der Waals surface area contributed by atoms with Gasteiger partial charge in [0.2, 0.25) is 6.79 Å². The Labute approximate surface area is 137 Å². The summed E-state index contributed by atoms with van der Waals surface area (Å²) in [5, 5.41) is 0. The van der Waals surface area contributed by atoms with Gasteiger partial charge in [-0.25, -0.2) is 0 Å². The van der Waals surface area contributed by atoms with Crippen LogP contribution in [0.15, 0.2) is 36.4 Å². The molecule has 3 heteroatoms. The van der Waals surface area contributed by atoms with Crippen LogP contribution in [0.4, 0.5) is 0 Å². The molecule has 2 aromatic rings. The predicted octanol–water partition coefficient (Wildman–Crippen LogP) is 3.93. The molecule has 0 unspecified atom stereocenters. The fourth-order valence-corrected chi connectivity index (χ4v) is 3.72. The van der Waals surface area contributed by atoms with Gasteiger partial charge in [-0.1, -0.05) is 31.2 Å². The van der Waals surface area contributed by atoms with Crippen molar-refractivity contribution in [1.82, 2.24) is 4.90 Å². The molecule has 120 valence electrons. The van der Waals surface area contributed by atoms with Crippen LogP contribution in [0.1, 0.15) is 35.6 Å². The molecular weight excluding hydrogens is 286 g/mol. The Morgan fingerprint density at radius 3 is 2.91 bits per heavy atom. The van der Waals surface area contributed by atoms with Gasteiger partial charge in [-0.3, -0.25) is 4.90 Å². The van der Waals surface area contributed by atoms with Crippen molar-refractivity contribution in [3.8, 4) is 11.5 Å². The van der Waals surface area contributed by atoms with Gasteiger partial charge >= 0.3 is 0 Å². The van der Waals surface area contributed by atoms with Gasteiger partial charge in [0.05, 0.1) is 0 Å². The lowest BCUT2D eigenvalue weighted by Crippen LogP contribution is -2.22. The molecular formula is C20H23NO2. The lowest BCUT2D eigenvalue weighted by atomic mass is 9.96. The first-order valence-corrected chi connectivity index (χ1v) is 8.54. The number of fused-ring (bicyclic) bond motifs is 2. The summed E-state index contributed by atoms with van der Waals surface area (Å²) in [4.78, 5) is 2.54. The van der Waals surface area contributed by atoms with Crippen molar-refractivity contribution in [1.29, 1.82) is 0 Å². The van der Waals surface area contributed by atoms with E-state index in [1.165, 1.54) is 29.5 Å². The van der Waals surface area contributed by atoms with E-state index in [0.29, 0.717) is 6.79 Å². The minimum atomic E-state index is 0.343. The third kappa shape index (κ3) is 2.93. The van der Waals surface area contributed by atoms with Crippen molar-refractivity contribution in [2.45, 2.75) is 39.3 Å². The van der Waals surface area contributed by atoms with Crippen LogP contribution in [-0.2, 0) is 25.9 Å². The Kier molecular flexibility index (Phi) is 3.96. The van der Waals surface area contributed by atoms with E-state index in [-0.39, 0.29) is 0 Å². The fraction of sp³-hybridized carbons (Fsp3) is 0.400. The second-order valence-electron chi connectivity index (χ2n) is 6.41. The van der Waals surface area contributed by atoms with E-state index in [9.17, 15) is 0 Å². The Hall–Kier alpha value is -2.00. The Morgan fingerprint density at radius 2 is 2.00 bits per heavy atom. The molecule has 23 heavy (non-hydrogen) atoms. The summed E-state index contributed by atoms with van der Waals surface area (Å²) >= 11 is 0.